The number of hydrogen-bond donors (Lipinski definition) is 1. The highest BCUT2D eigenvalue weighted by atomic mass is 32.2. The summed E-state index contributed by atoms with van der Waals surface area (Å²) < 4.78 is 31.5. The van der Waals surface area contributed by atoms with E-state index in [2.05, 4.69) is 9.82 Å². The Balaban J connectivity index is 1.62. The lowest BCUT2D eigenvalue weighted by Gasteiger charge is -2.19. The molecule has 1 N–H and O–H groups in total. The lowest BCUT2D eigenvalue weighted by molar-refractivity contribution is 0.0698. The van der Waals surface area contributed by atoms with Crippen molar-refractivity contribution in [1.29, 1.82) is 0 Å². The van der Waals surface area contributed by atoms with Crippen LogP contribution >= 0.6 is 11.3 Å². The van der Waals surface area contributed by atoms with Crippen LogP contribution < -0.4 is 4.72 Å². The fraction of sp³-hybridized carbons (Fsp3) is 0.200. The molecule has 1 aliphatic heterocycles. The standard InChI is InChI=1S/C20H19N3O4S2/c1-2-29(25,26)22-15-9-7-14(8-10-15)16-13-17(18-5-3-11-27-18)23(21-16)20(24)19-6-4-12-28-19/h3-12,17,22H,2,13H2,1H3/t17-/m1/s1. The molecule has 0 unspecified atom stereocenters. The number of furan rings is 1. The number of hydrazone groups is 1. The summed E-state index contributed by atoms with van der Waals surface area (Å²) in [5, 5.41) is 7.90. The molecule has 0 saturated carbocycles. The lowest BCUT2D eigenvalue weighted by Crippen LogP contribution is -2.26. The zero-order chi connectivity index (χ0) is 20.4. The van der Waals surface area contributed by atoms with Gasteiger partial charge < -0.3 is 4.42 Å². The van der Waals surface area contributed by atoms with Crippen LogP contribution in [0.1, 0.15) is 40.4 Å². The molecule has 0 spiro atoms. The minimum Gasteiger partial charge on any atom is -0.467 e. The van der Waals surface area contributed by atoms with Gasteiger partial charge >= 0.3 is 0 Å². The average Bonchev–Trinajstić information content (AvgIpc) is 3.49. The van der Waals surface area contributed by atoms with Crippen molar-refractivity contribution in [3.63, 3.8) is 0 Å². The first kappa shape index (κ1) is 19.4. The highest BCUT2D eigenvalue weighted by Crippen LogP contribution is 2.35. The summed E-state index contributed by atoms with van der Waals surface area (Å²) in [6, 6.07) is 13.9. The van der Waals surface area contributed by atoms with E-state index in [-0.39, 0.29) is 17.7 Å². The molecule has 0 aliphatic carbocycles. The van der Waals surface area contributed by atoms with Crippen LogP contribution in [0.2, 0.25) is 0 Å². The average molecular weight is 430 g/mol. The SMILES string of the molecule is CCS(=O)(=O)Nc1ccc(C2=NN(C(=O)c3cccs3)[C@@H](c3ccco3)C2)cc1. The number of rotatable bonds is 6. The van der Waals surface area contributed by atoms with E-state index in [4.69, 9.17) is 4.42 Å². The first-order valence-electron chi connectivity index (χ1n) is 9.05. The van der Waals surface area contributed by atoms with Gasteiger partial charge in [-0.2, -0.15) is 5.10 Å². The van der Waals surface area contributed by atoms with Crippen LogP contribution in [-0.4, -0.2) is 30.8 Å². The Hall–Kier alpha value is -2.91. The fourth-order valence-electron chi connectivity index (χ4n) is 3.07. The van der Waals surface area contributed by atoms with Crippen LogP contribution in [0.4, 0.5) is 5.69 Å². The molecule has 0 bridgehead atoms. The molecule has 150 valence electrons. The molecular formula is C20H19N3O4S2. The summed E-state index contributed by atoms with van der Waals surface area (Å²) in [7, 11) is -3.33. The van der Waals surface area contributed by atoms with Crippen LogP contribution in [0.15, 0.2) is 69.7 Å². The van der Waals surface area contributed by atoms with Crippen molar-refractivity contribution in [2.75, 3.05) is 10.5 Å². The molecule has 7 nitrogen and oxygen atoms in total. The van der Waals surface area contributed by atoms with Crippen LogP contribution in [0, 0.1) is 0 Å². The Morgan fingerprint density at radius 1 is 1.24 bits per heavy atom. The summed E-state index contributed by atoms with van der Waals surface area (Å²) in [6.07, 6.45) is 2.08. The third-order valence-corrected chi connectivity index (χ3v) is 6.76. The van der Waals surface area contributed by atoms with Crippen molar-refractivity contribution in [1.82, 2.24) is 5.01 Å². The zero-order valence-corrected chi connectivity index (χ0v) is 17.2. The molecule has 2 aromatic heterocycles. The molecule has 1 aliphatic rings. The first-order chi connectivity index (χ1) is 14.0. The van der Waals surface area contributed by atoms with Crippen LogP contribution in [0.25, 0.3) is 0 Å². The molecule has 29 heavy (non-hydrogen) atoms. The van der Waals surface area contributed by atoms with Crippen molar-refractivity contribution in [2.45, 2.75) is 19.4 Å². The number of carbonyl (C=O) groups is 1. The third kappa shape index (κ3) is 4.10. The van der Waals surface area contributed by atoms with E-state index < -0.39 is 10.0 Å². The van der Waals surface area contributed by atoms with Crippen LogP contribution in [0.5, 0.6) is 0 Å². The predicted molar refractivity (Wildman–Crippen MR) is 113 cm³/mol. The Morgan fingerprint density at radius 3 is 2.66 bits per heavy atom. The van der Waals surface area contributed by atoms with E-state index in [1.54, 1.807) is 49.6 Å². The number of carbonyl (C=O) groups excluding carboxylic acids is 1. The van der Waals surface area contributed by atoms with Crippen LogP contribution in [0.3, 0.4) is 0 Å². The van der Waals surface area contributed by atoms with Crippen molar-refractivity contribution < 1.29 is 17.6 Å². The van der Waals surface area contributed by atoms with Crippen molar-refractivity contribution >= 4 is 38.7 Å². The number of amides is 1. The Kier molecular flexibility index (Phi) is 5.25. The number of benzene rings is 1. The van der Waals surface area contributed by atoms with Gasteiger partial charge in [-0.25, -0.2) is 13.4 Å². The minimum atomic E-state index is -3.33. The van der Waals surface area contributed by atoms with Crippen molar-refractivity contribution in [3.8, 4) is 0 Å². The number of nitrogens with one attached hydrogen (secondary N) is 1. The summed E-state index contributed by atoms with van der Waals surface area (Å²) >= 11 is 1.37. The van der Waals surface area contributed by atoms with Crippen molar-refractivity contribution in [3.05, 3.63) is 76.4 Å². The van der Waals surface area contributed by atoms with Crippen molar-refractivity contribution in [2.24, 2.45) is 5.10 Å². The number of thiophene rings is 1. The maximum absolute atomic E-state index is 12.9. The molecular weight excluding hydrogens is 410 g/mol. The van der Waals surface area contributed by atoms with E-state index in [0.717, 1.165) is 11.3 Å². The number of nitrogens with zero attached hydrogens (tertiary/aromatic N) is 2. The molecule has 0 fully saturated rings. The fourth-order valence-corrected chi connectivity index (χ4v) is 4.36. The van der Waals surface area contributed by atoms with Gasteiger partial charge in [0, 0.05) is 12.1 Å². The van der Waals surface area contributed by atoms with Gasteiger partial charge in [-0.05, 0) is 48.2 Å². The summed E-state index contributed by atoms with van der Waals surface area (Å²) in [5.74, 6) is 0.497. The maximum Gasteiger partial charge on any atom is 0.284 e. The zero-order valence-electron chi connectivity index (χ0n) is 15.6. The highest BCUT2D eigenvalue weighted by molar-refractivity contribution is 7.92. The third-order valence-electron chi connectivity index (χ3n) is 4.59. The monoisotopic (exact) mass is 429 g/mol. The molecule has 4 rings (SSSR count). The van der Waals surface area contributed by atoms with E-state index in [1.165, 1.54) is 16.3 Å². The lowest BCUT2D eigenvalue weighted by atomic mass is 10.0. The van der Waals surface area contributed by atoms with E-state index >= 15 is 0 Å². The smallest absolute Gasteiger partial charge is 0.284 e. The van der Waals surface area contributed by atoms with Gasteiger partial charge in [0.05, 0.1) is 22.6 Å². The molecule has 3 heterocycles. The van der Waals surface area contributed by atoms with Gasteiger partial charge in [-0.15, -0.1) is 11.3 Å². The summed E-state index contributed by atoms with van der Waals surface area (Å²) in [4.78, 5) is 13.6. The maximum atomic E-state index is 12.9. The van der Waals surface area contributed by atoms with E-state index in [9.17, 15) is 13.2 Å². The highest BCUT2D eigenvalue weighted by Gasteiger charge is 2.35. The van der Waals surface area contributed by atoms with Gasteiger partial charge in [0.25, 0.3) is 5.91 Å². The van der Waals surface area contributed by atoms with E-state index in [1.807, 2.05) is 17.5 Å². The second kappa shape index (κ2) is 7.84. The Bertz CT molecular complexity index is 1120. The Morgan fingerprint density at radius 2 is 2.03 bits per heavy atom. The predicted octanol–water partition coefficient (Wildman–Crippen LogP) is 4.09. The molecule has 0 saturated heterocycles. The summed E-state index contributed by atoms with van der Waals surface area (Å²) in [5.41, 5.74) is 2.05. The Labute approximate surface area is 172 Å². The van der Waals surface area contributed by atoms with Gasteiger partial charge in [0.15, 0.2) is 0 Å². The molecule has 9 heteroatoms. The number of anilines is 1. The second-order valence-electron chi connectivity index (χ2n) is 6.49. The van der Waals surface area contributed by atoms with Gasteiger partial charge in [-0.3, -0.25) is 9.52 Å². The van der Waals surface area contributed by atoms with E-state index in [0.29, 0.717) is 22.7 Å². The normalized spacial score (nSPS) is 16.7. The quantitative estimate of drug-likeness (QED) is 0.639. The molecule has 1 atom stereocenters. The number of sulfonamides is 1. The molecule has 0 radical (unpaired) electrons. The van der Waals surface area contributed by atoms with Gasteiger partial charge in [0.1, 0.15) is 11.8 Å². The van der Waals surface area contributed by atoms with Gasteiger partial charge in [-0.1, -0.05) is 18.2 Å². The van der Waals surface area contributed by atoms with Crippen LogP contribution in [-0.2, 0) is 10.0 Å². The number of hydrogen-bond acceptors (Lipinski definition) is 6. The largest absolute Gasteiger partial charge is 0.467 e. The first-order valence-corrected chi connectivity index (χ1v) is 11.6. The minimum absolute atomic E-state index is 0.00603. The topological polar surface area (TPSA) is 92.0 Å². The molecule has 3 aromatic rings. The molecule has 1 aromatic carbocycles. The summed E-state index contributed by atoms with van der Waals surface area (Å²) in [6.45, 7) is 1.58. The molecule has 1 amide bonds. The second-order valence-corrected chi connectivity index (χ2v) is 9.45. The van der Waals surface area contributed by atoms with Gasteiger partial charge in [0.2, 0.25) is 10.0 Å².